The number of benzene rings is 2. The average molecular weight is 349 g/mol. The van der Waals surface area contributed by atoms with Gasteiger partial charge in [0.2, 0.25) is 5.65 Å². The maximum Gasteiger partial charge on any atom is 0.322 e. The quantitative estimate of drug-likeness (QED) is 0.411. The minimum Gasteiger partial charge on any atom is -0.273 e. The molecule has 26 heavy (non-hydrogen) atoms. The Morgan fingerprint density at radius 3 is 2.35 bits per heavy atom. The smallest absolute Gasteiger partial charge is 0.273 e. The van der Waals surface area contributed by atoms with Gasteiger partial charge in [0.15, 0.2) is 0 Å². The van der Waals surface area contributed by atoms with Gasteiger partial charge in [-0.2, -0.15) is 0 Å². The second-order valence-corrected chi connectivity index (χ2v) is 5.71. The van der Waals surface area contributed by atoms with Crippen molar-refractivity contribution in [2.24, 2.45) is 0 Å². The van der Waals surface area contributed by atoms with Crippen LogP contribution in [-0.4, -0.2) is 24.4 Å². The van der Waals surface area contributed by atoms with E-state index in [9.17, 15) is 20.2 Å². The first-order chi connectivity index (χ1) is 12.5. The highest BCUT2D eigenvalue weighted by Gasteiger charge is 2.28. The number of non-ortho nitro benzene ring substituents is 1. The maximum absolute atomic E-state index is 11.9. The van der Waals surface area contributed by atoms with E-state index < -0.39 is 9.85 Å². The van der Waals surface area contributed by atoms with Crippen molar-refractivity contribution in [3.8, 4) is 11.1 Å². The number of pyridine rings is 1. The molecular formula is C17H11N5O4. The van der Waals surface area contributed by atoms with Crippen LogP contribution in [0.25, 0.3) is 27.7 Å². The van der Waals surface area contributed by atoms with E-state index in [0.717, 1.165) is 0 Å². The van der Waals surface area contributed by atoms with Crippen LogP contribution < -0.4 is 0 Å². The Bertz CT molecular complexity index is 1200. The second kappa shape index (κ2) is 5.59. The minimum atomic E-state index is -0.525. The molecule has 4 aromatic rings. The molecule has 0 saturated heterocycles. The Hall–Kier alpha value is -3.88. The molecule has 4 rings (SSSR count). The molecule has 0 unspecified atom stereocenters. The predicted molar refractivity (Wildman–Crippen MR) is 94.0 cm³/mol. The topological polar surface area (TPSA) is 116 Å². The third kappa shape index (κ3) is 2.18. The summed E-state index contributed by atoms with van der Waals surface area (Å²) in [6.45, 7) is 1.67. The molecule has 0 N–H and O–H groups in total. The van der Waals surface area contributed by atoms with Crippen molar-refractivity contribution >= 4 is 27.9 Å². The van der Waals surface area contributed by atoms with Crippen LogP contribution in [0.4, 0.5) is 11.4 Å². The summed E-state index contributed by atoms with van der Waals surface area (Å²) in [4.78, 5) is 22.1. The van der Waals surface area contributed by atoms with E-state index in [0.29, 0.717) is 22.3 Å². The highest BCUT2D eigenvalue weighted by molar-refractivity contribution is 6.04. The molecular weight excluding hydrogens is 338 g/mol. The number of hydrogen-bond acceptors (Lipinski definition) is 6. The summed E-state index contributed by atoms with van der Waals surface area (Å²) >= 11 is 0. The number of fused-ring (bicyclic) bond motifs is 3. The molecule has 2 heterocycles. The van der Waals surface area contributed by atoms with E-state index in [-0.39, 0.29) is 22.6 Å². The highest BCUT2D eigenvalue weighted by atomic mass is 16.6. The normalized spacial score (nSPS) is 11.1. The van der Waals surface area contributed by atoms with Gasteiger partial charge >= 0.3 is 5.69 Å². The first-order valence-electron chi connectivity index (χ1n) is 7.64. The molecule has 0 atom stereocenters. The van der Waals surface area contributed by atoms with Crippen molar-refractivity contribution in [3.63, 3.8) is 0 Å². The molecule has 0 amide bonds. The summed E-state index contributed by atoms with van der Waals surface area (Å²) in [7, 11) is 0. The molecule has 2 aromatic carbocycles. The first-order valence-corrected chi connectivity index (χ1v) is 7.64. The number of rotatable bonds is 3. The molecule has 0 spiro atoms. The van der Waals surface area contributed by atoms with Gasteiger partial charge < -0.3 is 0 Å². The Labute approximate surface area is 145 Å². The lowest BCUT2D eigenvalue weighted by Crippen LogP contribution is -2.01. The third-order valence-corrected chi connectivity index (χ3v) is 4.22. The molecule has 0 radical (unpaired) electrons. The number of nitro groups is 2. The molecule has 0 aliphatic heterocycles. The fourth-order valence-electron chi connectivity index (χ4n) is 3.15. The van der Waals surface area contributed by atoms with Gasteiger partial charge in [-0.25, -0.2) is 0 Å². The Morgan fingerprint density at radius 1 is 0.962 bits per heavy atom. The number of hydrogen-bond donors (Lipinski definition) is 0. The average Bonchev–Trinajstić information content (AvgIpc) is 3.02. The van der Waals surface area contributed by atoms with Gasteiger partial charge in [0.25, 0.3) is 5.69 Å². The summed E-state index contributed by atoms with van der Waals surface area (Å²) in [5.41, 5.74) is 1.16. The molecule has 0 saturated carbocycles. The van der Waals surface area contributed by atoms with E-state index in [1.54, 1.807) is 47.7 Å². The summed E-state index contributed by atoms with van der Waals surface area (Å²) in [6, 6.07) is 13.0. The molecule has 0 aliphatic carbocycles. The highest BCUT2D eigenvalue weighted by Crippen LogP contribution is 2.40. The van der Waals surface area contributed by atoms with Crippen LogP contribution in [0.2, 0.25) is 0 Å². The lowest BCUT2D eigenvalue weighted by atomic mass is 9.98. The van der Waals surface area contributed by atoms with Gasteiger partial charge in [0, 0.05) is 17.5 Å². The SMILES string of the molecule is Cc1nnc2c([N+](=O)[O-])c(-c3ccccc3)c3cc([N+](=O)[O-])ccc3n12. The van der Waals surface area contributed by atoms with E-state index in [1.807, 2.05) is 0 Å². The van der Waals surface area contributed by atoms with Crippen molar-refractivity contribution in [2.75, 3.05) is 0 Å². The third-order valence-electron chi connectivity index (χ3n) is 4.22. The summed E-state index contributed by atoms with van der Waals surface area (Å²) in [5.74, 6) is 0.460. The zero-order chi connectivity index (χ0) is 18.4. The number of aryl methyl sites for hydroxylation is 1. The van der Waals surface area contributed by atoms with Gasteiger partial charge in [0.05, 0.1) is 20.9 Å². The zero-order valence-corrected chi connectivity index (χ0v) is 13.5. The molecule has 2 aromatic heterocycles. The van der Waals surface area contributed by atoms with Crippen LogP contribution in [0.3, 0.4) is 0 Å². The predicted octanol–water partition coefficient (Wildman–Crippen LogP) is 3.67. The van der Waals surface area contributed by atoms with Crippen LogP contribution in [0, 0.1) is 27.2 Å². The lowest BCUT2D eigenvalue weighted by molar-refractivity contribution is -0.384. The van der Waals surface area contributed by atoms with Crippen molar-refractivity contribution < 1.29 is 9.85 Å². The summed E-state index contributed by atoms with van der Waals surface area (Å²) in [5, 5.41) is 31.4. The monoisotopic (exact) mass is 349 g/mol. The van der Waals surface area contributed by atoms with Gasteiger partial charge in [-0.1, -0.05) is 30.3 Å². The Balaban J connectivity index is 2.30. The summed E-state index contributed by atoms with van der Waals surface area (Å²) in [6.07, 6.45) is 0. The lowest BCUT2D eigenvalue weighted by Gasteiger charge is -2.11. The number of aromatic nitrogens is 3. The maximum atomic E-state index is 11.9. The van der Waals surface area contributed by atoms with Gasteiger partial charge in [0.1, 0.15) is 5.82 Å². The Morgan fingerprint density at radius 2 is 1.69 bits per heavy atom. The van der Waals surface area contributed by atoms with Crippen LogP contribution in [0.15, 0.2) is 48.5 Å². The zero-order valence-electron chi connectivity index (χ0n) is 13.5. The van der Waals surface area contributed by atoms with E-state index in [4.69, 9.17) is 0 Å². The second-order valence-electron chi connectivity index (χ2n) is 5.71. The molecule has 0 aliphatic rings. The molecule has 9 nitrogen and oxygen atoms in total. The largest absolute Gasteiger partial charge is 0.322 e. The molecule has 9 heteroatoms. The van der Waals surface area contributed by atoms with Crippen LogP contribution in [0.5, 0.6) is 0 Å². The van der Waals surface area contributed by atoms with Gasteiger partial charge in [-0.05, 0) is 18.6 Å². The minimum absolute atomic E-state index is 0.104. The van der Waals surface area contributed by atoms with E-state index in [2.05, 4.69) is 10.2 Å². The van der Waals surface area contributed by atoms with Crippen LogP contribution >= 0.6 is 0 Å². The van der Waals surface area contributed by atoms with Gasteiger partial charge in [-0.15, -0.1) is 10.2 Å². The van der Waals surface area contributed by atoms with Crippen molar-refractivity contribution in [3.05, 3.63) is 74.6 Å². The van der Waals surface area contributed by atoms with Crippen molar-refractivity contribution in [2.45, 2.75) is 6.92 Å². The fourth-order valence-corrected chi connectivity index (χ4v) is 3.15. The Kier molecular flexibility index (Phi) is 3.36. The van der Waals surface area contributed by atoms with Crippen LogP contribution in [0.1, 0.15) is 5.82 Å². The first kappa shape index (κ1) is 15.6. The molecule has 0 bridgehead atoms. The number of nitrogens with zero attached hydrogens (tertiary/aromatic N) is 5. The summed E-state index contributed by atoms with van der Waals surface area (Å²) < 4.78 is 1.55. The van der Waals surface area contributed by atoms with Crippen molar-refractivity contribution in [1.82, 2.24) is 14.6 Å². The van der Waals surface area contributed by atoms with Crippen molar-refractivity contribution in [1.29, 1.82) is 0 Å². The standard InChI is InChI=1S/C17H11N5O4/c1-10-18-19-17-16(22(25)26)15(11-5-3-2-4-6-11)13-9-12(21(23)24)7-8-14(13)20(10)17/h2-9H,1H3. The van der Waals surface area contributed by atoms with Gasteiger partial charge in [-0.3, -0.25) is 24.6 Å². The fraction of sp³-hybridized carbons (Fsp3) is 0.0588. The number of nitro benzene ring substituents is 1. The van der Waals surface area contributed by atoms with E-state index in [1.165, 1.54) is 12.1 Å². The molecule has 128 valence electrons. The molecule has 0 fully saturated rings. The van der Waals surface area contributed by atoms with E-state index >= 15 is 0 Å². The van der Waals surface area contributed by atoms with Crippen LogP contribution in [-0.2, 0) is 0 Å².